The molecule has 13 heavy (non-hydrogen) atoms. The van der Waals surface area contributed by atoms with Gasteiger partial charge in [0.2, 0.25) is 0 Å². The molecule has 0 fully saturated rings. The summed E-state index contributed by atoms with van der Waals surface area (Å²) in [6, 6.07) is 3.88. The van der Waals surface area contributed by atoms with Crippen molar-refractivity contribution in [3.63, 3.8) is 0 Å². The molecule has 2 aromatic rings. The first kappa shape index (κ1) is 8.51. The van der Waals surface area contributed by atoms with Gasteiger partial charge in [0.25, 0.3) is 0 Å². The normalized spacial score (nSPS) is 11.0. The van der Waals surface area contributed by atoms with Gasteiger partial charge in [0.1, 0.15) is 11.0 Å². The number of aryl methyl sites for hydroxylation is 2. The second-order valence-electron chi connectivity index (χ2n) is 3.02. The SMILES string of the molecule is CCc1nnc2cc(C)cc(Cl)n12. The quantitative estimate of drug-likeness (QED) is 0.654. The predicted molar refractivity (Wildman–Crippen MR) is 52.1 cm³/mol. The molecule has 0 saturated carbocycles. The summed E-state index contributed by atoms with van der Waals surface area (Å²) in [4.78, 5) is 0. The number of fused-ring (bicyclic) bond motifs is 1. The van der Waals surface area contributed by atoms with E-state index in [1.807, 2.05) is 30.4 Å². The first-order valence-corrected chi connectivity index (χ1v) is 4.60. The molecule has 0 bridgehead atoms. The Morgan fingerprint density at radius 1 is 1.38 bits per heavy atom. The Hall–Kier alpha value is -1.09. The largest absolute Gasteiger partial charge is 0.269 e. The number of rotatable bonds is 1. The second kappa shape index (κ2) is 3.00. The van der Waals surface area contributed by atoms with E-state index in [0.29, 0.717) is 5.15 Å². The molecule has 0 radical (unpaired) electrons. The van der Waals surface area contributed by atoms with Gasteiger partial charge in [-0.2, -0.15) is 0 Å². The van der Waals surface area contributed by atoms with Gasteiger partial charge < -0.3 is 0 Å². The fourth-order valence-electron chi connectivity index (χ4n) is 1.38. The van der Waals surface area contributed by atoms with Crippen molar-refractivity contribution < 1.29 is 0 Å². The minimum atomic E-state index is 0.678. The lowest BCUT2D eigenvalue weighted by Crippen LogP contribution is -1.94. The summed E-state index contributed by atoms with van der Waals surface area (Å²) >= 11 is 6.07. The summed E-state index contributed by atoms with van der Waals surface area (Å²) in [5.74, 6) is 0.903. The van der Waals surface area contributed by atoms with Crippen LogP contribution >= 0.6 is 11.6 Å². The third-order valence-corrected chi connectivity index (χ3v) is 2.27. The fraction of sp³-hybridized carbons (Fsp3) is 0.333. The molecular weight excluding hydrogens is 186 g/mol. The van der Waals surface area contributed by atoms with E-state index in [1.54, 1.807) is 0 Å². The number of hydrogen-bond donors (Lipinski definition) is 0. The predicted octanol–water partition coefficient (Wildman–Crippen LogP) is 2.25. The molecule has 0 aliphatic rings. The van der Waals surface area contributed by atoms with Crippen LogP contribution in [0.25, 0.3) is 5.65 Å². The van der Waals surface area contributed by atoms with E-state index in [2.05, 4.69) is 10.2 Å². The highest BCUT2D eigenvalue weighted by molar-refractivity contribution is 6.29. The van der Waals surface area contributed by atoms with E-state index in [9.17, 15) is 0 Å². The highest BCUT2D eigenvalue weighted by Crippen LogP contribution is 2.16. The van der Waals surface area contributed by atoms with Crippen LogP contribution in [-0.4, -0.2) is 14.6 Å². The number of pyridine rings is 1. The van der Waals surface area contributed by atoms with Gasteiger partial charge in [0.15, 0.2) is 5.65 Å². The molecule has 0 saturated heterocycles. The molecule has 0 N–H and O–H groups in total. The Kier molecular flexibility index (Phi) is 1.96. The van der Waals surface area contributed by atoms with Gasteiger partial charge in [-0.3, -0.25) is 4.40 Å². The van der Waals surface area contributed by atoms with Crippen LogP contribution in [0, 0.1) is 6.92 Å². The Bertz CT molecular complexity index is 447. The summed E-state index contributed by atoms with van der Waals surface area (Å²) in [7, 11) is 0. The third-order valence-electron chi connectivity index (χ3n) is 1.99. The smallest absolute Gasteiger partial charge is 0.162 e. The summed E-state index contributed by atoms with van der Waals surface area (Å²) < 4.78 is 1.87. The lowest BCUT2D eigenvalue weighted by Gasteiger charge is -2.00. The van der Waals surface area contributed by atoms with Crippen molar-refractivity contribution in [1.29, 1.82) is 0 Å². The first-order valence-electron chi connectivity index (χ1n) is 4.22. The molecule has 0 aliphatic heterocycles. The van der Waals surface area contributed by atoms with Crippen LogP contribution in [0.5, 0.6) is 0 Å². The Balaban J connectivity index is 2.82. The van der Waals surface area contributed by atoms with Gasteiger partial charge in [-0.1, -0.05) is 18.5 Å². The monoisotopic (exact) mass is 195 g/mol. The van der Waals surface area contributed by atoms with E-state index in [-0.39, 0.29) is 0 Å². The molecule has 2 rings (SSSR count). The van der Waals surface area contributed by atoms with Gasteiger partial charge in [-0.25, -0.2) is 0 Å². The van der Waals surface area contributed by atoms with E-state index in [4.69, 9.17) is 11.6 Å². The molecule has 0 atom stereocenters. The van der Waals surface area contributed by atoms with Crippen molar-refractivity contribution in [2.75, 3.05) is 0 Å². The lowest BCUT2D eigenvalue weighted by molar-refractivity contribution is 0.909. The Labute approximate surface area is 81.4 Å². The zero-order valence-electron chi connectivity index (χ0n) is 7.58. The van der Waals surface area contributed by atoms with Crippen molar-refractivity contribution in [2.45, 2.75) is 20.3 Å². The maximum Gasteiger partial charge on any atom is 0.162 e. The van der Waals surface area contributed by atoms with Crippen molar-refractivity contribution in [2.24, 2.45) is 0 Å². The number of halogens is 1. The molecular formula is C9H10ClN3. The van der Waals surface area contributed by atoms with Crippen molar-refractivity contribution in [3.05, 3.63) is 28.7 Å². The van der Waals surface area contributed by atoms with Gasteiger partial charge in [-0.15, -0.1) is 10.2 Å². The molecule has 0 aromatic carbocycles. The van der Waals surface area contributed by atoms with Crippen LogP contribution in [0.3, 0.4) is 0 Å². The second-order valence-corrected chi connectivity index (χ2v) is 3.41. The van der Waals surface area contributed by atoms with Gasteiger partial charge in [0.05, 0.1) is 0 Å². The highest BCUT2D eigenvalue weighted by atomic mass is 35.5. The van der Waals surface area contributed by atoms with Crippen molar-refractivity contribution in [3.8, 4) is 0 Å². The molecule has 0 spiro atoms. The van der Waals surface area contributed by atoms with Crippen molar-refractivity contribution in [1.82, 2.24) is 14.6 Å². The summed E-state index contributed by atoms with van der Waals surface area (Å²) in [5.41, 5.74) is 1.93. The number of aromatic nitrogens is 3. The highest BCUT2D eigenvalue weighted by Gasteiger charge is 2.06. The minimum Gasteiger partial charge on any atom is -0.269 e. The van der Waals surface area contributed by atoms with Crippen LogP contribution < -0.4 is 0 Å². The minimum absolute atomic E-state index is 0.678. The number of nitrogens with zero attached hydrogens (tertiary/aromatic N) is 3. The topological polar surface area (TPSA) is 30.2 Å². The maximum atomic E-state index is 6.07. The van der Waals surface area contributed by atoms with E-state index in [1.165, 1.54) is 0 Å². The van der Waals surface area contributed by atoms with Gasteiger partial charge >= 0.3 is 0 Å². The van der Waals surface area contributed by atoms with Crippen LogP contribution in [-0.2, 0) is 6.42 Å². The van der Waals surface area contributed by atoms with E-state index >= 15 is 0 Å². The van der Waals surface area contributed by atoms with Crippen LogP contribution in [0.2, 0.25) is 5.15 Å². The Morgan fingerprint density at radius 2 is 2.15 bits per heavy atom. The molecule has 2 aromatic heterocycles. The van der Waals surface area contributed by atoms with Crippen molar-refractivity contribution >= 4 is 17.2 Å². The van der Waals surface area contributed by atoms with E-state index < -0.39 is 0 Å². The number of hydrogen-bond acceptors (Lipinski definition) is 2. The summed E-state index contributed by atoms with van der Waals surface area (Å²) in [5, 5.41) is 8.76. The molecule has 0 unspecified atom stereocenters. The average Bonchev–Trinajstić information content (AvgIpc) is 2.47. The van der Waals surface area contributed by atoms with Crippen LogP contribution in [0.4, 0.5) is 0 Å². The summed E-state index contributed by atoms with van der Waals surface area (Å²) in [6.07, 6.45) is 0.837. The molecule has 2 heterocycles. The van der Waals surface area contributed by atoms with Gasteiger partial charge in [-0.05, 0) is 24.6 Å². The molecule has 0 amide bonds. The molecule has 68 valence electrons. The average molecular weight is 196 g/mol. The summed E-state index contributed by atoms with van der Waals surface area (Å²) in [6.45, 7) is 4.03. The zero-order chi connectivity index (χ0) is 9.42. The van der Waals surface area contributed by atoms with Gasteiger partial charge in [0, 0.05) is 6.42 Å². The van der Waals surface area contributed by atoms with Crippen LogP contribution in [0.15, 0.2) is 12.1 Å². The van der Waals surface area contributed by atoms with E-state index in [0.717, 1.165) is 23.5 Å². The first-order chi connectivity index (χ1) is 6.22. The standard InChI is InChI=1S/C9H10ClN3/c1-3-8-11-12-9-5-6(2)4-7(10)13(8)9/h4-5H,3H2,1-2H3. The maximum absolute atomic E-state index is 6.07. The Morgan fingerprint density at radius 3 is 2.85 bits per heavy atom. The molecule has 4 heteroatoms. The van der Waals surface area contributed by atoms with Crippen LogP contribution in [0.1, 0.15) is 18.3 Å². The molecule has 3 nitrogen and oxygen atoms in total. The fourth-order valence-corrected chi connectivity index (χ4v) is 1.74. The third kappa shape index (κ3) is 1.29. The molecule has 0 aliphatic carbocycles. The lowest BCUT2D eigenvalue weighted by atomic mass is 10.3. The zero-order valence-corrected chi connectivity index (χ0v) is 8.34.